The molecule has 0 aliphatic carbocycles. The minimum absolute atomic E-state index is 0.0328. The molecule has 4 heterocycles. The molecule has 1 N–H and O–H groups in total. The molecule has 224 valence electrons. The second-order valence-electron chi connectivity index (χ2n) is 11.3. The van der Waals surface area contributed by atoms with E-state index in [1.165, 1.54) is 4.57 Å². The monoisotopic (exact) mass is 576 g/mol. The first-order valence-electron chi connectivity index (χ1n) is 14.4. The van der Waals surface area contributed by atoms with E-state index in [0.29, 0.717) is 55.5 Å². The molecule has 2 fully saturated rings. The molecule has 2 aromatic heterocycles. The van der Waals surface area contributed by atoms with Crippen molar-refractivity contribution in [1.82, 2.24) is 24.0 Å². The summed E-state index contributed by atoms with van der Waals surface area (Å²) >= 11 is 0. The smallest absolute Gasteiger partial charge is 0.390 e. The van der Waals surface area contributed by atoms with Crippen LogP contribution in [0.4, 0.5) is 19.0 Å². The zero-order valence-corrected chi connectivity index (χ0v) is 24.2. The van der Waals surface area contributed by atoms with Gasteiger partial charge in [0.25, 0.3) is 0 Å². The van der Waals surface area contributed by atoms with Gasteiger partial charge in [-0.1, -0.05) is 26.0 Å². The minimum atomic E-state index is -4.37. The molecule has 1 aromatic carbocycles. The van der Waals surface area contributed by atoms with Crippen LogP contribution in [0, 0.1) is 6.92 Å². The van der Waals surface area contributed by atoms with E-state index in [0.717, 1.165) is 30.5 Å². The third-order valence-electron chi connectivity index (χ3n) is 8.72. The Bertz CT molecular complexity index is 1440. The summed E-state index contributed by atoms with van der Waals surface area (Å²) in [4.78, 5) is 27.0. The number of alkyl halides is 3. The first-order chi connectivity index (χ1) is 19.4. The molecular formula is C29H39F3N6O3. The summed E-state index contributed by atoms with van der Waals surface area (Å²) in [7, 11) is 1.68. The molecule has 0 saturated carbocycles. The summed E-state index contributed by atoms with van der Waals surface area (Å²) in [6.07, 6.45) is -3.17. The highest BCUT2D eigenvalue weighted by atomic mass is 19.4. The molecule has 2 aliphatic heterocycles. The number of rotatable bonds is 7. The van der Waals surface area contributed by atoms with Crippen LogP contribution >= 0.6 is 0 Å². The second kappa shape index (κ2) is 11.4. The van der Waals surface area contributed by atoms with Crippen LogP contribution in [0.15, 0.2) is 29.1 Å². The van der Waals surface area contributed by atoms with Crippen molar-refractivity contribution in [2.24, 2.45) is 7.05 Å². The zero-order chi connectivity index (χ0) is 29.6. The lowest BCUT2D eigenvalue weighted by Gasteiger charge is -2.48. The molecule has 0 radical (unpaired) electrons. The fraction of sp³-hybridized carbons (Fsp3) is 0.621. The number of benzene rings is 1. The average Bonchev–Trinajstić information content (AvgIpc) is 3.49. The molecular weight excluding hydrogens is 537 g/mol. The van der Waals surface area contributed by atoms with Crippen LogP contribution in [0.1, 0.15) is 63.0 Å². The number of halogens is 3. The fourth-order valence-electron chi connectivity index (χ4n) is 6.42. The summed E-state index contributed by atoms with van der Waals surface area (Å²) in [5, 5.41) is 10.3. The summed E-state index contributed by atoms with van der Waals surface area (Å²) in [5.41, 5.74) is 1.09. The number of fused-ring (bicyclic) bond motifs is 1. The Kier molecular flexibility index (Phi) is 8.19. The number of hydrogen-bond donors (Lipinski definition) is 1. The van der Waals surface area contributed by atoms with Gasteiger partial charge in [-0.25, -0.2) is 9.78 Å². The Hall–Kier alpha value is -2.96. The number of aryl methyl sites for hydroxylation is 2. The Morgan fingerprint density at radius 2 is 1.85 bits per heavy atom. The van der Waals surface area contributed by atoms with Crippen LogP contribution in [0.3, 0.4) is 0 Å². The van der Waals surface area contributed by atoms with Crippen LogP contribution in [-0.2, 0) is 24.5 Å². The minimum Gasteiger partial charge on any atom is -0.390 e. The van der Waals surface area contributed by atoms with Crippen LogP contribution < -0.4 is 10.6 Å². The number of ether oxygens (including phenoxy) is 1. The van der Waals surface area contributed by atoms with Crippen molar-refractivity contribution in [3.8, 4) is 0 Å². The number of aromatic nitrogens is 4. The highest BCUT2D eigenvalue weighted by molar-refractivity contribution is 5.84. The van der Waals surface area contributed by atoms with Gasteiger partial charge in [-0.3, -0.25) is 9.47 Å². The van der Waals surface area contributed by atoms with E-state index in [1.54, 1.807) is 19.2 Å². The molecule has 2 saturated heterocycles. The predicted molar refractivity (Wildman–Crippen MR) is 150 cm³/mol. The van der Waals surface area contributed by atoms with E-state index in [-0.39, 0.29) is 29.9 Å². The van der Waals surface area contributed by atoms with Crippen molar-refractivity contribution in [3.05, 3.63) is 51.7 Å². The molecule has 41 heavy (non-hydrogen) atoms. The number of imidazole rings is 1. The van der Waals surface area contributed by atoms with Crippen LogP contribution in [-0.4, -0.2) is 73.1 Å². The Balaban J connectivity index is 1.47. The molecule has 5 atom stereocenters. The molecule has 9 nitrogen and oxygen atoms in total. The van der Waals surface area contributed by atoms with Gasteiger partial charge in [-0.2, -0.15) is 18.2 Å². The SMILES string of the molecule is CC[C@@H]1CN(c2nc(=O)n(C)c3c2nc(C)n3C[C@H]2OCC[C@H]2O)[C@@H](C)CN1[C@@H](CC)c1ccc(C(F)(F)F)cc1. The maximum atomic E-state index is 13.2. The van der Waals surface area contributed by atoms with E-state index in [9.17, 15) is 23.1 Å². The number of nitrogens with zero attached hydrogens (tertiary/aromatic N) is 6. The number of hydrogen-bond acceptors (Lipinski definition) is 7. The standard InChI is InChI=1S/C29H39F3N6O3/c1-6-21-15-36(17(3)14-38(21)22(7-2)19-8-10-20(11-9-19)29(30,31)32)26-25-27(35(5)28(40)34-26)37(18(4)33-25)16-24-23(39)12-13-41-24/h8-11,17,21-24,39H,6-7,12-16H2,1-5H3/t17-,21+,22-,23+,24+/m0/s1. The van der Waals surface area contributed by atoms with Crippen LogP contribution in [0.5, 0.6) is 0 Å². The lowest BCUT2D eigenvalue weighted by Crippen LogP contribution is -2.58. The van der Waals surface area contributed by atoms with Gasteiger partial charge in [-0.05, 0) is 50.8 Å². The van der Waals surface area contributed by atoms with Crippen molar-refractivity contribution in [1.29, 1.82) is 0 Å². The maximum Gasteiger partial charge on any atom is 0.416 e. The summed E-state index contributed by atoms with van der Waals surface area (Å²) in [6, 6.07) is 5.52. The third kappa shape index (κ3) is 5.49. The van der Waals surface area contributed by atoms with E-state index < -0.39 is 17.8 Å². The quantitative estimate of drug-likeness (QED) is 0.454. The van der Waals surface area contributed by atoms with Gasteiger partial charge in [0.15, 0.2) is 5.82 Å². The van der Waals surface area contributed by atoms with Gasteiger partial charge in [-0.15, -0.1) is 0 Å². The highest BCUT2D eigenvalue weighted by Gasteiger charge is 2.38. The normalized spacial score (nSPS) is 24.9. The van der Waals surface area contributed by atoms with Gasteiger partial charge in [0, 0.05) is 44.9 Å². The molecule has 0 amide bonds. The molecule has 3 aromatic rings. The van der Waals surface area contributed by atoms with Gasteiger partial charge in [0.1, 0.15) is 23.1 Å². The van der Waals surface area contributed by atoms with Crippen LogP contribution in [0.25, 0.3) is 11.2 Å². The highest BCUT2D eigenvalue weighted by Crippen LogP contribution is 2.36. The van der Waals surface area contributed by atoms with E-state index in [2.05, 4.69) is 35.6 Å². The maximum absolute atomic E-state index is 13.2. The Morgan fingerprint density at radius 1 is 1.15 bits per heavy atom. The zero-order valence-electron chi connectivity index (χ0n) is 24.2. The Labute approximate surface area is 237 Å². The van der Waals surface area contributed by atoms with Crippen LogP contribution in [0.2, 0.25) is 0 Å². The first kappa shape index (κ1) is 29.5. The molecule has 12 heteroatoms. The molecule has 0 spiro atoms. The number of aliphatic hydroxyl groups is 1. The number of piperazine rings is 1. The number of anilines is 1. The molecule has 0 bridgehead atoms. The van der Waals surface area contributed by atoms with Gasteiger partial charge < -0.3 is 19.3 Å². The topological polar surface area (TPSA) is 88.7 Å². The number of aliphatic hydroxyl groups excluding tert-OH is 1. The molecule has 2 aliphatic rings. The second-order valence-corrected chi connectivity index (χ2v) is 11.3. The largest absolute Gasteiger partial charge is 0.416 e. The van der Waals surface area contributed by atoms with E-state index in [4.69, 9.17) is 9.72 Å². The summed E-state index contributed by atoms with van der Waals surface area (Å²) in [5.74, 6) is 1.24. The Morgan fingerprint density at radius 3 is 2.44 bits per heavy atom. The predicted octanol–water partition coefficient (Wildman–Crippen LogP) is 4.05. The van der Waals surface area contributed by atoms with Crippen molar-refractivity contribution >= 4 is 17.0 Å². The molecule has 0 unspecified atom stereocenters. The lowest BCUT2D eigenvalue weighted by atomic mass is 9.95. The third-order valence-corrected chi connectivity index (χ3v) is 8.72. The van der Waals surface area contributed by atoms with Crippen molar-refractivity contribution in [2.45, 2.75) is 90.0 Å². The van der Waals surface area contributed by atoms with Crippen molar-refractivity contribution in [3.63, 3.8) is 0 Å². The van der Waals surface area contributed by atoms with Gasteiger partial charge >= 0.3 is 11.9 Å². The summed E-state index contributed by atoms with van der Waals surface area (Å²) < 4.78 is 48.7. The first-order valence-corrected chi connectivity index (χ1v) is 14.4. The van der Waals surface area contributed by atoms with Crippen molar-refractivity contribution in [2.75, 3.05) is 24.6 Å². The fourth-order valence-corrected chi connectivity index (χ4v) is 6.42. The summed E-state index contributed by atoms with van der Waals surface area (Å²) in [6.45, 7) is 10.2. The average molecular weight is 577 g/mol. The van der Waals surface area contributed by atoms with Gasteiger partial charge in [0.05, 0.1) is 18.2 Å². The van der Waals surface area contributed by atoms with E-state index in [1.807, 2.05) is 11.5 Å². The van der Waals surface area contributed by atoms with E-state index >= 15 is 0 Å². The molecule has 5 rings (SSSR count). The lowest BCUT2D eigenvalue weighted by molar-refractivity contribution is -0.137. The van der Waals surface area contributed by atoms with Crippen molar-refractivity contribution < 1.29 is 23.0 Å². The van der Waals surface area contributed by atoms with Gasteiger partial charge in [0.2, 0.25) is 0 Å².